The van der Waals surface area contributed by atoms with E-state index in [1.165, 1.54) is 0 Å². The first kappa shape index (κ1) is 15.2. The third-order valence-corrected chi connectivity index (χ3v) is 2.77. The lowest BCUT2D eigenvalue weighted by atomic mass is 10.2. The minimum absolute atomic E-state index is 0.285. The van der Waals surface area contributed by atoms with Gasteiger partial charge in [-0.1, -0.05) is 30.3 Å². The predicted molar refractivity (Wildman–Crippen MR) is 75.6 cm³/mol. The van der Waals surface area contributed by atoms with Crippen LogP contribution in [0.1, 0.15) is 19.4 Å². The summed E-state index contributed by atoms with van der Waals surface area (Å²) in [5, 5.41) is 3.99. The van der Waals surface area contributed by atoms with Crippen molar-refractivity contribution in [3.63, 3.8) is 0 Å². The molecule has 0 spiro atoms. The molecule has 5 heteroatoms. The maximum absolute atomic E-state index is 10.3. The molecule has 0 aliphatic carbocycles. The quantitative estimate of drug-likeness (QED) is 0.352. The molecule has 0 aromatic heterocycles. The Kier molecular flexibility index (Phi) is 6.60. The molecule has 1 aromatic carbocycles. The Hall–Kier alpha value is -1.88. The summed E-state index contributed by atoms with van der Waals surface area (Å²) in [6.45, 7) is 4.97. The van der Waals surface area contributed by atoms with Gasteiger partial charge in [-0.15, -0.1) is 0 Å². The van der Waals surface area contributed by atoms with Crippen molar-refractivity contribution in [2.24, 2.45) is 5.10 Å². The molecule has 0 aliphatic rings. The van der Waals surface area contributed by atoms with Gasteiger partial charge in [-0.3, -0.25) is 4.79 Å². The van der Waals surface area contributed by atoms with Crippen LogP contribution in [0.25, 0.3) is 0 Å². The lowest BCUT2D eigenvalue weighted by molar-refractivity contribution is -0.109. The predicted octanol–water partition coefficient (Wildman–Crippen LogP) is 1.60. The summed E-state index contributed by atoms with van der Waals surface area (Å²) < 4.78 is 5.62. The molecule has 0 unspecified atom stereocenters. The van der Waals surface area contributed by atoms with E-state index in [1.54, 1.807) is 0 Å². The maximum atomic E-state index is 10.3. The van der Waals surface area contributed by atoms with Crippen molar-refractivity contribution in [1.82, 2.24) is 10.3 Å². The molecule has 0 fully saturated rings. The first-order valence-electron chi connectivity index (χ1n) is 6.25. The standard InChI is InChI=1S/C14H21N3O2/c1-12(2)17(3)14(16-15-11-18)10-19-9-13-7-5-4-6-8-13/h4-8,11-12H,9-10H2,1-3H3,(H,15,18)/b16-14-. The van der Waals surface area contributed by atoms with Gasteiger partial charge in [-0.25, -0.2) is 5.43 Å². The molecule has 1 aromatic rings. The second-order valence-corrected chi connectivity index (χ2v) is 4.46. The summed E-state index contributed by atoms with van der Waals surface area (Å²) in [7, 11) is 1.92. The molecule has 0 radical (unpaired) electrons. The zero-order valence-electron chi connectivity index (χ0n) is 11.7. The van der Waals surface area contributed by atoms with E-state index in [9.17, 15) is 4.79 Å². The Bertz CT molecular complexity index is 404. The largest absolute Gasteiger partial charge is 0.369 e. The highest BCUT2D eigenvalue weighted by Gasteiger charge is 2.10. The number of benzene rings is 1. The molecule has 1 amide bonds. The molecule has 5 nitrogen and oxygen atoms in total. The minimum atomic E-state index is 0.285. The van der Waals surface area contributed by atoms with E-state index in [1.807, 2.05) is 56.1 Å². The van der Waals surface area contributed by atoms with Crippen LogP contribution < -0.4 is 5.43 Å². The number of hydrazone groups is 1. The molecular weight excluding hydrogens is 242 g/mol. The molecule has 0 atom stereocenters. The number of carbonyl (C=O) groups excluding carboxylic acids is 1. The monoisotopic (exact) mass is 263 g/mol. The molecule has 0 bridgehead atoms. The lowest BCUT2D eigenvalue weighted by Gasteiger charge is -2.24. The Morgan fingerprint density at radius 2 is 2.11 bits per heavy atom. The van der Waals surface area contributed by atoms with Gasteiger partial charge in [0.15, 0.2) is 5.84 Å². The second kappa shape index (κ2) is 8.26. The molecule has 1 rings (SSSR count). The number of nitrogens with one attached hydrogen (secondary N) is 1. The average Bonchev–Trinajstić information content (AvgIpc) is 2.43. The van der Waals surface area contributed by atoms with Crippen molar-refractivity contribution in [3.8, 4) is 0 Å². The summed E-state index contributed by atoms with van der Waals surface area (Å²) in [5.74, 6) is 0.693. The number of nitrogens with zero attached hydrogens (tertiary/aromatic N) is 2. The van der Waals surface area contributed by atoms with Gasteiger partial charge in [0.1, 0.15) is 6.61 Å². The summed E-state index contributed by atoms with van der Waals surface area (Å²) in [4.78, 5) is 12.3. The Labute approximate surface area is 114 Å². The van der Waals surface area contributed by atoms with Gasteiger partial charge in [-0.05, 0) is 19.4 Å². The van der Waals surface area contributed by atoms with Gasteiger partial charge in [0.25, 0.3) is 0 Å². The molecule has 0 saturated carbocycles. The van der Waals surface area contributed by atoms with Crippen LogP contribution in [0.4, 0.5) is 0 Å². The van der Waals surface area contributed by atoms with Crippen molar-refractivity contribution in [2.75, 3.05) is 13.7 Å². The third kappa shape index (κ3) is 5.52. The molecule has 0 saturated heterocycles. The van der Waals surface area contributed by atoms with Gasteiger partial charge in [0.2, 0.25) is 6.41 Å². The fourth-order valence-corrected chi connectivity index (χ4v) is 1.45. The van der Waals surface area contributed by atoms with Crippen LogP contribution in [0.2, 0.25) is 0 Å². The summed E-state index contributed by atoms with van der Waals surface area (Å²) in [5.41, 5.74) is 3.43. The van der Waals surface area contributed by atoms with E-state index >= 15 is 0 Å². The fraction of sp³-hybridized carbons (Fsp3) is 0.429. The second-order valence-electron chi connectivity index (χ2n) is 4.46. The number of hydrogen-bond acceptors (Lipinski definition) is 3. The highest BCUT2D eigenvalue weighted by atomic mass is 16.5. The van der Waals surface area contributed by atoms with Gasteiger partial charge >= 0.3 is 0 Å². The molecule has 19 heavy (non-hydrogen) atoms. The maximum Gasteiger partial charge on any atom is 0.227 e. The lowest BCUT2D eigenvalue weighted by Crippen LogP contribution is -2.37. The molecule has 0 aliphatic heterocycles. The van der Waals surface area contributed by atoms with Crippen molar-refractivity contribution >= 4 is 12.2 Å². The highest BCUT2D eigenvalue weighted by molar-refractivity contribution is 5.83. The van der Waals surface area contributed by atoms with Crippen LogP contribution in [0, 0.1) is 0 Å². The van der Waals surface area contributed by atoms with E-state index < -0.39 is 0 Å². The minimum Gasteiger partial charge on any atom is -0.369 e. The van der Waals surface area contributed by atoms with Crippen LogP contribution in [-0.2, 0) is 16.1 Å². The van der Waals surface area contributed by atoms with Crippen LogP contribution in [0.15, 0.2) is 35.4 Å². The number of rotatable bonds is 7. The number of amidine groups is 1. The van der Waals surface area contributed by atoms with Crippen LogP contribution >= 0.6 is 0 Å². The molecule has 1 N–H and O–H groups in total. The number of carbonyl (C=O) groups is 1. The highest BCUT2D eigenvalue weighted by Crippen LogP contribution is 2.02. The number of ether oxygens (including phenoxy) is 1. The number of likely N-dealkylation sites (N-methyl/N-ethyl adjacent to an activating group) is 1. The Morgan fingerprint density at radius 3 is 2.68 bits per heavy atom. The SMILES string of the molecule is CC(C)N(C)/C(COCc1ccccc1)=N\NC=O. The van der Waals surface area contributed by atoms with E-state index in [-0.39, 0.29) is 6.04 Å². The first-order valence-corrected chi connectivity index (χ1v) is 6.25. The van der Waals surface area contributed by atoms with Crippen LogP contribution in [-0.4, -0.2) is 36.8 Å². The smallest absolute Gasteiger partial charge is 0.227 e. The fourth-order valence-electron chi connectivity index (χ4n) is 1.45. The van der Waals surface area contributed by atoms with Gasteiger partial charge in [0.05, 0.1) is 6.61 Å². The van der Waals surface area contributed by atoms with E-state index in [2.05, 4.69) is 10.5 Å². The summed E-state index contributed by atoms with van der Waals surface area (Å²) in [6.07, 6.45) is 0.547. The van der Waals surface area contributed by atoms with Gasteiger partial charge < -0.3 is 9.64 Å². The number of amides is 1. The molecular formula is C14H21N3O2. The van der Waals surface area contributed by atoms with Crippen molar-refractivity contribution in [2.45, 2.75) is 26.5 Å². The third-order valence-electron chi connectivity index (χ3n) is 2.77. The van der Waals surface area contributed by atoms with Gasteiger partial charge in [0, 0.05) is 13.1 Å². The van der Waals surface area contributed by atoms with E-state index in [0.29, 0.717) is 25.5 Å². The zero-order valence-corrected chi connectivity index (χ0v) is 11.7. The Balaban J connectivity index is 2.51. The average molecular weight is 263 g/mol. The first-order chi connectivity index (χ1) is 9.15. The normalized spacial score (nSPS) is 11.5. The van der Waals surface area contributed by atoms with Gasteiger partial charge in [-0.2, -0.15) is 5.10 Å². The van der Waals surface area contributed by atoms with Crippen molar-refractivity contribution in [1.29, 1.82) is 0 Å². The Morgan fingerprint density at radius 1 is 1.42 bits per heavy atom. The number of hydrogen-bond donors (Lipinski definition) is 1. The molecule has 0 heterocycles. The van der Waals surface area contributed by atoms with Crippen LogP contribution in [0.3, 0.4) is 0 Å². The van der Waals surface area contributed by atoms with Crippen molar-refractivity contribution in [3.05, 3.63) is 35.9 Å². The summed E-state index contributed by atoms with van der Waals surface area (Å²) in [6, 6.07) is 10.2. The van der Waals surface area contributed by atoms with E-state index in [0.717, 1.165) is 5.56 Å². The van der Waals surface area contributed by atoms with Crippen molar-refractivity contribution < 1.29 is 9.53 Å². The topological polar surface area (TPSA) is 53.9 Å². The molecule has 104 valence electrons. The zero-order chi connectivity index (χ0) is 14.1. The summed E-state index contributed by atoms with van der Waals surface area (Å²) >= 11 is 0. The van der Waals surface area contributed by atoms with E-state index in [4.69, 9.17) is 4.74 Å². The van der Waals surface area contributed by atoms with Crippen LogP contribution in [0.5, 0.6) is 0 Å².